The molecule has 1 rings (SSSR count). The van der Waals surface area contributed by atoms with Gasteiger partial charge in [-0.15, -0.1) is 0 Å². The second-order valence-corrected chi connectivity index (χ2v) is 5.15. The lowest BCUT2D eigenvalue weighted by Crippen LogP contribution is -2.00. The van der Waals surface area contributed by atoms with E-state index in [1.807, 2.05) is 0 Å². The van der Waals surface area contributed by atoms with Crippen LogP contribution in [0, 0.1) is 5.82 Å². The van der Waals surface area contributed by atoms with Crippen LogP contribution >= 0.6 is 15.9 Å². The van der Waals surface area contributed by atoms with Crippen LogP contribution in [0.3, 0.4) is 0 Å². The van der Waals surface area contributed by atoms with Crippen LogP contribution in [-0.2, 0) is 0 Å². The van der Waals surface area contributed by atoms with Crippen LogP contribution in [0.2, 0.25) is 0 Å². The van der Waals surface area contributed by atoms with Gasteiger partial charge in [0.1, 0.15) is 5.82 Å². The van der Waals surface area contributed by atoms with Crippen molar-refractivity contribution in [1.29, 1.82) is 0 Å². The molecule has 0 radical (unpaired) electrons. The van der Waals surface area contributed by atoms with Crippen molar-refractivity contribution >= 4 is 15.9 Å². The Labute approximate surface area is 111 Å². The zero-order valence-corrected chi connectivity index (χ0v) is 11.8. The third-order valence-electron chi connectivity index (χ3n) is 2.92. The summed E-state index contributed by atoms with van der Waals surface area (Å²) in [6, 6.07) is 4.79. The Hall–Kier alpha value is -0.410. The summed E-state index contributed by atoms with van der Waals surface area (Å²) in [6.45, 7) is 2.18. The topological polar surface area (TPSA) is 20.2 Å². The minimum absolute atomic E-state index is 0.312. The normalized spacial score (nSPS) is 12.7. The number of unbranched alkanes of at least 4 members (excludes halogenated alkanes) is 4. The molecule has 0 aliphatic heterocycles. The van der Waals surface area contributed by atoms with E-state index in [0.717, 1.165) is 12.8 Å². The quantitative estimate of drug-likeness (QED) is 0.704. The van der Waals surface area contributed by atoms with Crippen molar-refractivity contribution in [3.8, 4) is 0 Å². The summed E-state index contributed by atoms with van der Waals surface area (Å²) >= 11 is 3.18. The largest absolute Gasteiger partial charge is 0.388 e. The molecule has 1 N–H and O–H groups in total. The van der Waals surface area contributed by atoms with Crippen molar-refractivity contribution < 1.29 is 9.50 Å². The van der Waals surface area contributed by atoms with Gasteiger partial charge in [0.15, 0.2) is 0 Å². The summed E-state index contributed by atoms with van der Waals surface area (Å²) in [5, 5.41) is 9.99. The van der Waals surface area contributed by atoms with Gasteiger partial charge in [-0.2, -0.15) is 0 Å². The highest BCUT2D eigenvalue weighted by Gasteiger charge is 2.13. The van der Waals surface area contributed by atoms with Crippen molar-refractivity contribution in [3.63, 3.8) is 0 Å². The van der Waals surface area contributed by atoms with Crippen molar-refractivity contribution in [3.05, 3.63) is 34.1 Å². The minimum Gasteiger partial charge on any atom is -0.388 e. The average Bonchev–Trinajstić information content (AvgIpc) is 2.32. The Kier molecular flexibility index (Phi) is 6.75. The summed E-state index contributed by atoms with van der Waals surface area (Å²) in [7, 11) is 0. The lowest BCUT2D eigenvalue weighted by Gasteiger charge is -2.13. The highest BCUT2D eigenvalue weighted by atomic mass is 79.9. The summed E-state index contributed by atoms with van der Waals surface area (Å²) in [6.07, 6.45) is 5.95. The smallest absolute Gasteiger partial charge is 0.137 e. The number of benzene rings is 1. The fourth-order valence-corrected chi connectivity index (χ4v) is 2.40. The SMILES string of the molecule is CCCCCCCC(O)c1cccc(F)c1Br. The van der Waals surface area contributed by atoms with E-state index in [-0.39, 0.29) is 5.82 Å². The summed E-state index contributed by atoms with van der Waals surface area (Å²) in [5.41, 5.74) is 0.653. The molecule has 1 aromatic rings. The third-order valence-corrected chi connectivity index (χ3v) is 3.76. The van der Waals surface area contributed by atoms with Gasteiger partial charge in [0.05, 0.1) is 10.6 Å². The van der Waals surface area contributed by atoms with Crippen LogP contribution < -0.4 is 0 Å². The molecule has 3 heteroatoms. The number of hydrogen-bond donors (Lipinski definition) is 1. The van der Waals surface area contributed by atoms with E-state index in [2.05, 4.69) is 22.9 Å². The second-order valence-electron chi connectivity index (χ2n) is 4.36. The number of halogens is 2. The highest BCUT2D eigenvalue weighted by Crippen LogP contribution is 2.29. The molecule has 0 saturated carbocycles. The zero-order chi connectivity index (χ0) is 12.7. The fraction of sp³-hybridized carbons (Fsp3) is 0.571. The molecule has 1 atom stereocenters. The number of aliphatic hydroxyl groups excluding tert-OH is 1. The minimum atomic E-state index is -0.568. The predicted molar refractivity (Wildman–Crippen MR) is 72.4 cm³/mol. The maximum Gasteiger partial charge on any atom is 0.137 e. The van der Waals surface area contributed by atoms with Crippen LogP contribution in [-0.4, -0.2) is 5.11 Å². The van der Waals surface area contributed by atoms with Gasteiger partial charge < -0.3 is 5.11 Å². The molecule has 0 aliphatic carbocycles. The van der Waals surface area contributed by atoms with E-state index in [4.69, 9.17) is 0 Å². The highest BCUT2D eigenvalue weighted by molar-refractivity contribution is 9.10. The first-order chi connectivity index (χ1) is 8.16. The summed E-state index contributed by atoms with van der Waals surface area (Å²) in [4.78, 5) is 0. The molecule has 1 nitrogen and oxygen atoms in total. The molecule has 0 aliphatic rings. The Bertz CT molecular complexity index is 341. The van der Waals surface area contributed by atoms with E-state index >= 15 is 0 Å². The van der Waals surface area contributed by atoms with Crippen molar-refractivity contribution in [2.75, 3.05) is 0 Å². The molecular formula is C14H20BrFO. The van der Waals surface area contributed by atoms with Crippen molar-refractivity contribution in [2.24, 2.45) is 0 Å². The molecular weight excluding hydrogens is 283 g/mol. The Morgan fingerprint density at radius 3 is 2.65 bits per heavy atom. The van der Waals surface area contributed by atoms with Gasteiger partial charge in [0.25, 0.3) is 0 Å². The number of hydrogen-bond acceptors (Lipinski definition) is 1. The molecule has 0 spiro atoms. The van der Waals surface area contributed by atoms with Crippen molar-refractivity contribution in [2.45, 2.75) is 51.6 Å². The predicted octanol–water partition coefficient (Wildman–Crippen LogP) is 4.98. The molecule has 0 saturated heterocycles. The summed E-state index contributed by atoms with van der Waals surface area (Å²) < 4.78 is 13.7. The molecule has 0 bridgehead atoms. The Morgan fingerprint density at radius 2 is 1.94 bits per heavy atom. The van der Waals surface area contributed by atoms with Crippen LogP contribution in [0.25, 0.3) is 0 Å². The monoisotopic (exact) mass is 302 g/mol. The fourth-order valence-electron chi connectivity index (χ4n) is 1.87. The molecule has 0 amide bonds. The first kappa shape index (κ1) is 14.7. The van der Waals surface area contributed by atoms with E-state index in [0.29, 0.717) is 16.5 Å². The Morgan fingerprint density at radius 1 is 1.24 bits per heavy atom. The lowest BCUT2D eigenvalue weighted by molar-refractivity contribution is 0.162. The van der Waals surface area contributed by atoms with Gasteiger partial charge in [-0.25, -0.2) is 4.39 Å². The van der Waals surface area contributed by atoms with Gasteiger partial charge in [-0.3, -0.25) is 0 Å². The lowest BCUT2D eigenvalue weighted by atomic mass is 10.0. The van der Waals surface area contributed by atoms with E-state index in [1.54, 1.807) is 12.1 Å². The standard InChI is InChI=1S/C14H20BrFO/c1-2-3-4-5-6-10-13(17)11-8-7-9-12(16)14(11)15/h7-9,13,17H,2-6,10H2,1H3. The molecule has 0 fully saturated rings. The van der Waals surface area contributed by atoms with Gasteiger partial charge in [0, 0.05) is 0 Å². The molecule has 17 heavy (non-hydrogen) atoms. The van der Waals surface area contributed by atoms with Gasteiger partial charge >= 0.3 is 0 Å². The van der Waals surface area contributed by atoms with Gasteiger partial charge in [0.2, 0.25) is 0 Å². The molecule has 1 unspecified atom stereocenters. The van der Waals surface area contributed by atoms with Gasteiger partial charge in [-0.1, -0.05) is 51.2 Å². The van der Waals surface area contributed by atoms with Crippen molar-refractivity contribution in [1.82, 2.24) is 0 Å². The Balaban J connectivity index is 2.41. The first-order valence-electron chi connectivity index (χ1n) is 6.28. The van der Waals surface area contributed by atoms with Crippen LogP contribution in [0.5, 0.6) is 0 Å². The van der Waals surface area contributed by atoms with Crippen LogP contribution in [0.15, 0.2) is 22.7 Å². The van der Waals surface area contributed by atoms with Crippen LogP contribution in [0.4, 0.5) is 4.39 Å². The van der Waals surface area contributed by atoms with E-state index < -0.39 is 6.10 Å². The first-order valence-corrected chi connectivity index (χ1v) is 7.08. The summed E-state index contributed by atoms with van der Waals surface area (Å²) in [5.74, 6) is -0.312. The maximum atomic E-state index is 13.3. The number of rotatable bonds is 7. The van der Waals surface area contributed by atoms with E-state index in [1.165, 1.54) is 25.3 Å². The van der Waals surface area contributed by atoms with E-state index in [9.17, 15) is 9.50 Å². The number of aliphatic hydroxyl groups is 1. The van der Waals surface area contributed by atoms with Gasteiger partial charge in [-0.05, 0) is 34.0 Å². The molecule has 0 aromatic heterocycles. The molecule has 96 valence electrons. The zero-order valence-electron chi connectivity index (χ0n) is 10.3. The maximum absolute atomic E-state index is 13.3. The molecule has 0 heterocycles. The third kappa shape index (κ3) is 4.76. The molecule has 1 aromatic carbocycles. The average molecular weight is 303 g/mol. The van der Waals surface area contributed by atoms with Crippen LogP contribution in [0.1, 0.15) is 57.1 Å². The second kappa shape index (κ2) is 7.83.